The highest BCUT2D eigenvalue weighted by Crippen LogP contribution is 2.35. The van der Waals surface area contributed by atoms with E-state index in [2.05, 4.69) is 15.9 Å². The lowest BCUT2D eigenvalue weighted by Gasteiger charge is -2.13. The first-order valence-electron chi connectivity index (χ1n) is 5.44. The monoisotopic (exact) mass is 364 g/mol. The van der Waals surface area contributed by atoms with Crippen LogP contribution in [0.15, 0.2) is 34.8 Å². The zero-order chi connectivity index (χ0) is 14.2. The summed E-state index contributed by atoms with van der Waals surface area (Å²) in [5.41, 5.74) is 1.28. The van der Waals surface area contributed by atoms with Crippen molar-refractivity contribution >= 4 is 39.1 Å². The average molecular weight is 366 g/mol. The van der Waals surface area contributed by atoms with E-state index >= 15 is 0 Å². The van der Waals surface area contributed by atoms with Crippen LogP contribution in [0.3, 0.4) is 0 Å². The van der Waals surface area contributed by atoms with E-state index in [4.69, 9.17) is 23.2 Å². The van der Waals surface area contributed by atoms with Gasteiger partial charge in [-0.25, -0.2) is 8.78 Å². The normalized spacial score (nSPS) is 12.5. The first kappa shape index (κ1) is 14.8. The zero-order valence-corrected chi connectivity index (χ0v) is 13.0. The van der Waals surface area contributed by atoms with Crippen molar-refractivity contribution in [1.82, 2.24) is 0 Å². The highest BCUT2D eigenvalue weighted by atomic mass is 79.9. The average Bonchev–Trinajstić information content (AvgIpc) is 2.36. The van der Waals surface area contributed by atoms with E-state index < -0.39 is 17.0 Å². The van der Waals surface area contributed by atoms with Crippen molar-refractivity contribution in [3.8, 4) is 0 Å². The van der Waals surface area contributed by atoms with Crippen molar-refractivity contribution in [3.05, 3.63) is 68.2 Å². The number of benzene rings is 2. The molecule has 2 aromatic rings. The number of hydrogen-bond acceptors (Lipinski definition) is 0. The van der Waals surface area contributed by atoms with Crippen LogP contribution in [0.1, 0.15) is 22.1 Å². The van der Waals surface area contributed by atoms with E-state index in [1.54, 1.807) is 25.1 Å². The van der Waals surface area contributed by atoms with Crippen LogP contribution < -0.4 is 0 Å². The van der Waals surface area contributed by atoms with Crippen LogP contribution in [0, 0.1) is 18.6 Å². The Morgan fingerprint density at radius 1 is 1.11 bits per heavy atom. The molecule has 0 aliphatic rings. The minimum absolute atomic E-state index is 0.245. The maximum atomic E-state index is 13.8. The molecule has 19 heavy (non-hydrogen) atoms. The van der Waals surface area contributed by atoms with Crippen molar-refractivity contribution < 1.29 is 8.78 Å². The van der Waals surface area contributed by atoms with Crippen molar-refractivity contribution in [2.45, 2.75) is 12.3 Å². The van der Waals surface area contributed by atoms with Crippen LogP contribution in [-0.2, 0) is 0 Å². The van der Waals surface area contributed by atoms with E-state index in [9.17, 15) is 8.78 Å². The largest absolute Gasteiger partial charge is 0.207 e. The fourth-order valence-corrected chi connectivity index (χ4v) is 2.54. The molecule has 1 unspecified atom stereocenters. The molecular formula is C14H9BrCl2F2. The molecule has 2 aromatic carbocycles. The summed E-state index contributed by atoms with van der Waals surface area (Å²) in [6.45, 7) is 1.57. The first-order chi connectivity index (χ1) is 8.90. The molecule has 0 saturated carbocycles. The minimum Gasteiger partial charge on any atom is -0.207 e. The highest BCUT2D eigenvalue weighted by Gasteiger charge is 2.18. The summed E-state index contributed by atoms with van der Waals surface area (Å²) in [6.07, 6.45) is 0. The Hall–Kier alpha value is -0.640. The van der Waals surface area contributed by atoms with Crippen molar-refractivity contribution in [3.63, 3.8) is 0 Å². The van der Waals surface area contributed by atoms with Gasteiger partial charge in [-0.3, -0.25) is 0 Å². The van der Waals surface area contributed by atoms with E-state index in [0.29, 0.717) is 20.6 Å². The van der Waals surface area contributed by atoms with E-state index in [-0.39, 0.29) is 5.56 Å². The van der Waals surface area contributed by atoms with Gasteiger partial charge >= 0.3 is 0 Å². The number of alkyl halides is 1. The van der Waals surface area contributed by atoms with Crippen molar-refractivity contribution in [2.24, 2.45) is 0 Å². The van der Waals surface area contributed by atoms with Gasteiger partial charge in [-0.15, -0.1) is 11.6 Å². The predicted octanol–water partition coefficient (Wildman–Crippen LogP) is 6.02. The maximum absolute atomic E-state index is 13.8. The molecule has 100 valence electrons. The molecule has 0 fully saturated rings. The van der Waals surface area contributed by atoms with Crippen molar-refractivity contribution in [1.29, 1.82) is 0 Å². The summed E-state index contributed by atoms with van der Waals surface area (Å²) in [6, 6.07) is 7.38. The van der Waals surface area contributed by atoms with E-state index in [1.807, 2.05) is 0 Å². The molecule has 0 heterocycles. The third-order valence-corrected chi connectivity index (χ3v) is 4.49. The van der Waals surface area contributed by atoms with Gasteiger partial charge < -0.3 is 0 Å². The Balaban J connectivity index is 2.46. The Labute approximate surface area is 128 Å². The third-order valence-electron chi connectivity index (χ3n) is 2.79. The molecule has 0 aliphatic carbocycles. The first-order valence-corrected chi connectivity index (χ1v) is 7.05. The van der Waals surface area contributed by atoms with Gasteiger partial charge in [0.15, 0.2) is 0 Å². The minimum atomic E-state index is -0.701. The zero-order valence-electron chi connectivity index (χ0n) is 9.85. The SMILES string of the molecule is Cc1cc(C(Cl)c2ccc(Cl)c(Br)c2)c(F)cc1F. The lowest BCUT2D eigenvalue weighted by Crippen LogP contribution is -2.00. The quantitative estimate of drug-likeness (QED) is 0.571. The van der Waals surface area contributed by atoms with E-state index in [1.165, 1.54) is 6.07 Å². The second kappa shape index (κ2) is 5.78. The van der Waals surface area contributed by atoms with Gasteiger partial charge in [0.05, 0.1) is 10.4 Å². The molecule has 0 bridgehead atoms. The predicted molar refractivity (Wildman–Crippen MR) is 77.9 cm³/mol. The summed E-state index contributed by atoms with van der Waals surface area (Å²) in [4.78, 5) is 0. The summed E-state index contributed by atoms with van der Waals surface area (Å²) < 4.78 is 27.7. The van der Waals surface area contributed by atoms with Gasteiger partial charge in [0.1, 0.15) is 11.6 Å². The van der Waals surface area contributed by atoms with Crippen LogP contribution in [-0.4, -0.2) is 0 Å². The van der Waals surface area contributed by atoms with Crippen LogP contribution in [0.25, 0.3) is 0 Å². The standard InChI is InChI=1S/C14H9BrCl2F2/c1-7-4-9(13(19)6-12(7)18)14(17)8-2-3-11(16)10(15)5-8/h2-6,14H,1H3. The molecule has 0 nitrogen and oxygen atoms in total. The molecule has 0 radical (unpaired) electrons. The summed E-state index contributed by atoms with van der Waals surface area (Å²) >= 11 is 15.4. The molecule has 0 saturated heterocycles. The van der Waals surface area contributed by atoms with Crippen LogP contribution in [0.4, 0.5) is 8.78 Å². The molecule has 0 N–H and O–H groups in total. The Morgan fingerprint density at radius 2 is 1.79 bits per heavy atom. The van der Waals surface area contributed by atoms with Crippen LogP contribution in [0.2, 0.25) is 5.02 Å². The van der Waals surface area contributed by atoms with Gasteiger partial charge in [0.2, 0.25) is 0 Å². The van der Waals surface area contributed by atoms with Crippen molar-refractivity contribution in [2.75, 3.05) is 0 Å². The van der Waals surface area contributed by atoms with Gasteiger partial charge in [-0.1, -0.05) is 17.7 Å². The lowest BCUT2D eigenvalue weighted by atomic mass is 10.0. The molecule has 0 aliphatic heterocycles. The molecular weight excluding hydrogens is 357 g/mol. The molecule has 0 aromatic heterocycles. The fraction of sp³-hybridized carbons (Fsp3) is 0.143. The highest BCUT2D eigenvalue weighted by molar-refractivity contribution is 9.10. The van der Waals surface area contributed by atoms with E-state index in [0.717, 1.165) is 6.07 Å². The molecule has 2 rings (SSSR count). The van der Waals surface area contributed by atoms with Gasteiger partial charge in [0, 0.05) is 16.1 Å². The third kappa shape index (κ3) is 3.10. The van der Waals surface area contributed by atoms with Crippen LogP contribution in [0.5, 0.6) is 0 Å². The van der Waals surface area contributed by atoms with Gasteiger partial charge in [-0.05, 0) is 52.2 Å². The smallest absolute Gasteiger partial charge is 0.131 e. The summed E-state index contributed by atoms with van der Waals surface area (Å²) in [5, 5.41) is -0.156. The van der Waals surface area contributed by atoms with Gasteiger partial charge in [-0.2, -0.15) is 0 Å². The second-order valence-electron chi connectivity index (χ2n) is 4.16. The Morgan fingerprint density at radius 3 is 2.42 bits per heavy atom. The topological polar surface area (TPSA) is 0 Å². The number of rotatable bonds is 2. The van der Waals surface area contributed by atoms with Gasteiger partial charge in [0.25, 0.3) is 0 Å². The summed E-state index contributed by atoms with van der Waals surface area (Å²) in [7, 11) is 0. The molecule has 1 atom stereocenters. The number of aryl methyl sites for hydroxylation is 1. The number of hydrogen-bond donors (Lipinski definition) is 0. The lowest BCUT2D eigenvalue weighted by molar-refractivity contribution is 0.568. The number of halogens is 5. The van der Waals surface area contributed by atoms with Crippen LogP contribution >= 0.6 is 39.1 Å². The summed E-state index contributed by atoms with van der Waals surface area (Å²) in [5.74, 6) is -1.24. The fourth-order valence-electron chi connectivity index (χ4n) is 1.72. The second-order valence-corrected chi connectivity index (χ2v) is 5.86. The Bertz CT molecular complexity index is 629. The Kier molecular flexibility index (Phi) is 4.49. The maximum Gasteiger partial charge on any atom is 0.131 e. The molecule has 0 amide bonds. The molecule has 0 spiro atoms. The molecule has 5 heteroatoms.